The van der Waals surface area contributed by atoms with Crippen LogP contribution in [0.4, 0.5) is 5.69 Å². The first-order chi connectivity index (χ1) is 8.15. The number of aliphatic imine (C=N–C) groups is 1. The van der Waals surface area contributed by atoms with Crippen LogP contribution in [0.2, 0.25) is 0 Å². The molecular weight excluding hydrogens is 222 g/mol. The van der Waals surface area contributed by atoms with Crippen LogP contribution in [-0.2, 0) is 0 Å². The number of anilines is 1. The maximum atomic E-state index is 10.8. The Morgan fingerprint density at radius 2 is 2.35 bits per heavy atom. The summed E-state index contributed by atoms with van der Waals surface area (Å²) in [5.74, 6) is -0.968. The highest BCUT2D eigenvalue weighted by molar-refractivity contribution is 5.88. The minimum absolute atomic E-state index is 0.217. The number of carboxylic acid groups (broad SMARTS) is 1. The fourth-order valence-electron chi connectivity index (χ4n) is 1.51. The summed E-state index contributed by atoms with van der Waals surface area (Å²) in [7, 11) is 0. The van der Waals surface area contributed by atoms with Gasteiger partial charge >= 0.3 is 5.97 Å². The Kier molecular flexibility index (Phi) is 3.36. The lowest BCUT2D eigenvalue weighted by Crippen LogP contribution is -2.44. The second kappa shape index (κ2) is 4.94. The normalized spacial score (nSPS) is 23.4. The van der Waals surface area contributed by atoms with E-state index < -0.39 is 12.1 Å². The maximum absolute atomic E-state index is 10.8. The quantitative estimate of drug-likeness (QED) is 0.597. The molecule has 6 heteroatoms. The van der Waals surface area contributed by atoms with Crippen LogP contribution in [-0.4, -0.2) is 41.3 Å². The number of rotatable bonds is 3. The van der Waals surface area contributed by atoms with E-state index in [1.54, 1.807) is 12.1 Å². The molecule has 4 N–H and O–H groups in total. The van der Waals surface area contributed by atoms with Crippen molar-refractivity contribution in [1.29, 1.82) is 0 Å². The fourth-order valence-corrected chi connectivity index (χ4v) is 1.51. The lowest BCUT2D eigenvalue weighted by molar-refractivity contribution is 0.0697. The van der Waals surface area contributed by atoms with Gasteiger partial charge in [0.2, 0.25) is 0 Å². The van der Waals surface area contributed by atoms with Crippen molar-refractivity contribution in [3.05, 3.63) is 29.8 Å². The topological polar surface area (TPSA) is 94.0 Å². The van der Waals surface area contributed by atoms with Crippen molar-refractivity contribution in [3.63, 3.8) is 0 Å². The molecule has 2 atom stereocenters. The van der Waals surface area contributed by atoms with E-state index in [-0.39, 0.29) is 11.9 Å². The first kappa shape index (κ1) is 11.6. The molecule has 2 unspecified atom stereocenters. The van der Waals surface area contributed by atoms with Gasteiger partial charge in [0.05, 0.1) is 5.56 Å². The van der Waals surface area contributed by atoms with Crippen LogP contribution in [0.15, 0.2) is 29.3 Å². The maximum Gasteiger partial charge on any atom is 0.335 e. The predicted octanol–water partition coefficient (Wildman–Crippen LogP) is 0.115. The molecule has 6 nitrogen and oxygen atoms in total. The van der Waals surface area contributed by atoms with Crippen LogP contribution in [0.5, 0.6) is 0 Å². The van der Waals surface area contributed by atoms with Gasteiger partial charge in [-0.25, -0.2) is 4.79 Å². The van der Waals surface area contributed by atoms with Crippen molar-refractivity contribution in [2.24, 2.45) is 4.99 Å². The Morgan fingerprint density at radius 3 is 3.00 bits per heavy atom. The van der Waals surface area contributed by atoms with E-state index in [0.29, 0.717) is 12.2 Å². The van der Waals surface area contributed by atoms with E-state index >= 15 is 0 Å². The molecule has 1 aromatic carbocycles. The van der Waals surface area contributed by atoms with E-state index in [1.807, 2.05) is 0 Å². The van der Waals surface area contributed by atoms with Gasteiger partial charge in [-0.1, -0.05) is 6.07 Å². The third-order valence-electron chi connectivity index (χ3n) is 2.34. The molecule has 0 aromatic heterocycles. The molecule has 0 aliphatic carbocycles. The van der Waals surface area contributed by atoms with Gasteiger partial charge < -0.3 is 15.5 Å². The average Bonchev–Trinajstić information content (AvgIpc) is 2.32. The molecule has 0 amide bonds. The number of benzene rings is 1. The van der Waals surface area contributed by atoms with E-state index in [9.17, 15) is 9.90 Å². The lowest BCUT2D eigenvalue weighted by atomic mass is 10.2. The van der Waals surface area contributed by atoms with Crippen LogP contribution in [0.25, 0.3) is 0 Å². The summed E-state index contributed by atoms with van der Waals surface area (Å²) in [6, 6.07) is 6.47. The molecule has 0 saturated carbocycles. The standard InChI is InChI=1S/C11H13N3O3/c15-9-5-12-11(13-6-9)14-8-3-1-2-7(4-8)10(16)17/h1-5,9,11,13-15H,6H2,(H,16,17). The Hall–Kier alpha value is -1.92. The summed E-state index contributed by atoms with van der Waals surface area (Å²) in [4.78, 5) is 14.8. The molecule has 1 aliphatic heterocycles. The van der Waals surface area contributed by atoms with Gasteiger partial charge in [-0.2, -0.15) is 0 Å². The van der Waals surface area contributed by atoms with Gasteiger partial charge in [-0.05, 0) is 18.2 Å². The number of nitrogens with zero attached hydrogens (tertiary/aromatic N) is 1. The summed E-state index contributed by atoms with van der Waals surface area (Å²) in [6.45, 7) is 0.416. The van der Waals surface area contributed by atoms with Crippen molar-refractivity contribution in [1.82, 2.24) is 5.32 Å². The second-order valence-electron chi connectivity index (χ2n) is 3.71. The fraction of sp³-hybridized carbons (Fsp3) is 0.273. The largest absolute Gasteiger partial charge is 0.478 e. The Balaban J connectivity index is 2.06. The predicted molar refractivity (Wildman–Crippen MR) is 63.3 cm³/mol. The monoisotopic (exact) mass is 235 g/mol. The highest BCUT2D eigenvalue weighted by Gasteiger charge is 2.13. The van der Waals surface area contributed by atoms with Crippen LogP contribution in [0.1, 0.15) is 10.4 Å². The van der Waals surface area contributed by atoms with Crippen molar-refractivity contribution >= 4 is 17.9 Å². The number of carbonyl (C=O) groups is 1. The number of aliphatic hydroxyl groups excluding tert-OH is 1. The number of β-amino-alcohol motifs (C(OH)–C–C–N with tert-alkyl or cyclic N) is 1. The van der Waals surface area contributed by atoms with Crippen LogP contribution < -0.4 is 10.6 Å². The van der Waals surface area contributed by atoms with Gasteiger partial charge in [0, 0.05) is 18.4 Å². The molecule has 90 valence electrons. The van der Waals surface area contributed by atoms with E-state index in [2.05, 4.69) is 15.6 Å². The average molecular weight is 235 g/mol. The molecular formula is C11H13N3O3. The molecule has 1 aliphatic rings. The van der Waals surface area contributed by atoms with Gasteiger partial charge in [0.1, 0.15) is 6.10 Å². The van der Waals surface area contributed by atoms with Gasteiger partial charge in [0.15, 0.2) is 6.29 Å². The van der Waals surface area contributed by atoms with Gasteiger partial charge in [0.25, 0.3) is 0 Å². The van der Waals surface area contributed by atoms with E-state index in [0.717, 1.165) is 0 Å². The first-order valence-electron chi connectivity index (χ1n) is 5.20. The zero-order valence-electron chi connectivity index (χ0n) is 9.00. The van der Waals surface area contributed by atoms with Gasteiger partial charge in [-0.3, -0.25) is 10.3 Å². The molecule has 0 radical (unpaired) electrons. The van der Waals surface area contributed by atoms with Crippen molar-refractivity contribution in [2.45, 2.75) is 12.4 Å². The molecule has 1 heterocycles. The molecule has 0 fully saturated rings. The first-order valence-corrected chi connectivity index (χ1v) is 5.20. The van der Waals surface area contributed by atoms with Crippen LogP contribution in [0.3, 0.4) is 0 Å². The third-order valence-corrected chi connectivity index (χ3v) is 2.34. The highest BCUT2D eigenvalue weighted by atomic mass is 16.4. The number of carboxylic acids is 1. The minimum Gasteiger partial charge on any atom is -0.478 e. The van der Waals surface area contributed by atoms with Crippen molar-refractivity contribution < 1.29 is 15.0 Å². The Morgan fingerprint density at radius 1 is 1.53 bits per heavy atom. The number of aliphatic hydroxyl groups is 1. The Bertz CT molecular complexity index is 447. The zero-order valence-corrected chi connectivity index (χ0v) is 9.00. The summed E-state index contributed by atoms with van der Waals surface area (Å²) in [5, 5.41) is 24.0. The SMILES string of the molecule is O=C(O)c1cccc(NC2N=CC(O)CN2)c1. The summed E-state index contributed by atoms with van der Waals surface area (Å²) >= 11 is 0. The Labute approximate surface area is 98.0 Å². The molecule has 0 bridgehead atoms. The molecule has 1 aromatic rings. The molecule has 17 heavy (non-hydrogen) atoms. The van der Waals surface area contributed by atoms with Crippen LogP contribution >= 0.6 is 0 Å². The molecule has 0 spiro atoms. The van der Waals surface area contributed by atoms with E-state index in [4.69, 9.17) is 5.11 Å². The second-order valence-corrected chi connectivity index (χ2v) is 3.71. The smallest absolute Gasteiger partial charge is 0.335 e. The molecule has 2 rings (SSSR count). The highest BCUT2D eigenvalue weighted by Crippen LogP contribution is 2.12. The number of hydrogen-bond acceptors (Lipinski definition) is 5. The van der Waals surface area contributed by atoms with Gasteiger partial charge in [-0.15, -0.1) is 0 Å². The molecule has 0 saturated heterocycles. The third kappa shape index (κ3) is 3.02. The number of hydrogen-bond donors (Lipinski definition) is 4. The summed E-state index contributed by atoms with van der Waals surface area (Å²) < 4.78 is 0. The number of aromatic carboxylic acids is 1. The zero-order chi connectivity index (χ0) is 12.3. The van der Waals surface area contributed by atoms with Crippen LogP contribution in [0, 0.1) is 0 Å². The minimum atomic E-state index is -0.968. The summed E-state index contributed by atoms with van der Waals surface area (Å²) in [6.07, 6.45) is 0.538. The summed E-state index contributed by atoms with van der Waals surface area (Å²) in [5.41, 5.74) is 0.880. The van der Waals surface area contributed by atoms with Crippen molar-refractivity contribution in [2.75, 3.05) is 11.9 Å². The van der Waals surface area contributed by atoms with Crippen molar-refractivity contribution in [3.8, 4) is 0 Å². The van der Waals surface area contributed by atoms with E-state index in [1.165, 1.54) is 18.3 Å². The number of nitrogens with one attached hydrogen (secondary N) is 2. The lowest BCUT2D eigenvalue weighted by Gasteiger charge is -2.22.